The molecule has 0 spiro atoms. The lowest BCUT2D eigenvalue weighted by Crippen LogP contribution is -2.50. The molecule has 106 valence electrons. The molecule has 1 heterocycles. The van der Waals surface area contributed by atoms with Gasteiger partial charge in [0.15, 0.2) is 9.84 Å². The van der Waals surface area contributed by atoms with Gasteiger partial charge in [0.05, 0.1) is 11.0 Å². The number of hydrogen-bond donors (Lipinski definition) is 2. The van der Waals surface area contributed by atoms with E-state index in [9.17, 15) is 12.8 Å². The molecule has 6 heteroatoms. The second-order valence-electron chi connectivity index (χ2n) is 5.00. The van der Waals surface area contributed by atoms with Crippen molar-refractivity contribution in [2.75, 3.05) is 5.75 Å². The quantitative estimate of drug-likeness (QED) is 0.644. The van der Waals surface area contributed by atoms with Gasteiger partial charge in [-0.15, -0.1) is 0 Å². The van der Waals surface area contributed by atoms with Crippen molar-refractivity contribution in [1.29, 1.82) is 0 Å². The van der Waals surface area contributed by atoms with E-state index >= 15 is 0 Å². The van der Waals surface area contributed by atoms with Crippen LogP contribution in [-0.4, -0.2) is 25.5 Å². The number of sulfone groups is 1. The van der Waals surface area contributed by atoms with E-state index in [0.717, 1.165) is 18.4 Å². The number of nitrogens with one attached hydrogen (secondary N) is 1. The van der Waals surface area contributed by atoms with Crippen LogP contribution in [0.5, 0.6) is 0 Å². The van der Waals surface area contributed by atoms with Gasteiger partial charge >= 0.3 is 0 Å². The van der Waals surface area contributed by atoms with Gasteiger partial charge in [0.1, 0.15) is 5.82 Å². The minimum Gasteiger partial charge on any atom is -0.271 e. The van der Waals surface area contributed by atoms with Crippen LogP contribution in [0.4, 0.5) is 4.39 Å². The van der Waals surface area contributed by atoms with Crippen molar-refractivity contribution in [3.05, 3.63) is 35.6 Å². The van der Waals surface area contributed by atoms with Gasteiger partial charge in [-0.2, -0.15) is 0 Å². The first-order valence-electron chi connectivity index (χ1n) is 6.45. The minimum atomic E-state index is -3.08. The highest BCUT2D eigenvalue weighted by Crippen LogP contribution is 2.24. The van der Waals surface area contributed by atoms with Crippen molar-refractivity contribution >= 4 is 9.84 Å². The van der Waals surface area contributed by atoms with Crippen LogP contribution >= 0.6 is 0 Å². The molecule has 0 aromatic heterocycles. The molecule has 1 fully saturated rings. The number of halogens is 1. The van der Waals surface area contributed by atoms with Crippen molar-refractivity contribution in [1.82, 2.24) is 5.43 Å². The van der Waals surface area contributed by atoms with Crippen LogP contribution in [0.3, 0.4) is 0 Å². The summed E-state index contributed by atoms with van der Waals surface area (Å²) in [6, 6.07) is 5.75. The van der Waals surface area contributed by atoms with Gasteiger partial charge in [-0.1, -0.05) is 18.6 Å². The molecule has 0 amide bonds. The van der Waals surface area contributed by atoms with E-state index in [2.05, 4.69) is 5.43 Å². The van der Waals surface area contributed by atoms with E-state index in [1.54, 1.807) is 12.1 Å². The zero-order valence-electron chi connectivity index (χ0n) is 10.7. The highest BCUT2D eigenvalue weighted by molar-refractivity contribution is 7.92. The van der Waals surface area contributed by atoms with Crippen molar-refractivity contribution in [3.63, 3.8) is 0 Å². The molecule has 0 bridgehead atoms. The van der Waals surface area contributed by atoms with Gasteiger partial charge < -0.3 is 0 Å². The number of hydrazine groups is 1. The van der Waals surface area contributed by atoms with E-state index in [1.165, 1.54) is 12.1 Å². The van der Waals surface area contributed by atoms with Crippen molar-refractivity contribution in [3.8, 4) is 0 Å². The summed E-state index contributed by atoms with van der Waals surface area (Å²) in [5, 5.41) is -0.448. The lowest BCUT2D eigenvalue weighted by atomic mass is 10.00. The maximum absolute atomic E-state index is 12.8. The van der Waals surface area contributed by atoms with E-state index in [0.29, 0.717) is 12.8 Å². The SMILES string of the molecule is NNC(Cc1ccc(F)cc1)C1CCCCS1(=O)=O. The molecule has 19 heavy (non-hydrogen) atoms. The van der Waals surface area contributed by atoms with Crippen LogP contribution in [0.25, 0.3) is 0 Å². The van der Waals surface area contributed by atoms with Crippen LogP contribution < -0.4 is 11.3 Å². The molecule has 2 unspecified atom stereocenters. The molecule has 0 radical (unpaired) electrons. The molecule has 0 aliphatic carbocycles. The predicted octanol–water partition coefficient (Wildman–Crippen LogP) is 1.17. The Kier molecular flexibility index (Phi) is 4.54. The highest BCUT2D eigenvalue weighted by Gasteiger charge is 2.34. The molecular formula is C13H19FN2O2S. The molecule has 1 saturated heterocycles. The Morgan fingerprint density at radius 1 is 1.32 bits per heavy atom. The Morgan fingerprint density at radius 2 is 2.00 bits per heavy atom. The minimum absolute atomic E-state index is 0.235. The molecule has 1 aromatic rings. The monoisotopic (exact) mass is 286 g/mol. The third kappa shape index (κ3) is 3.52. The molecule has 1 aliphatic rings. The molecule has 1 aromatic carbocycles. The van der Waals surface area contributed by atoms with Crippen molar-refractivity contribution in [2.24, 2.45) is 5.84 Å². The summed E-state index contributed by atoms with van der Waals surface area (Å²) in [7, 11) is -3.08. The Hall–Kier alpha value is -0.980. The maximum atomic E-state index is 12.8. The van der Waals surface area contributed by atoms with Crippen LogP contribution in [0.15, 0.2) is 24.3 Å². The average Bonchev–Trinajstić information content (AvgIpc) is 2.38. The third-order valence-corrected chi connectivity index (χ3v) is 6.00. The Morgan fingerprint density at radius 3 is 2.58 bits per heavy atom. The molecular weight excluding hydrogens is 267 g/mol. The van der Waals surface area contributed by atoms with E-state index < -0.39 is 15.1 Å². The van der Waals surface area contributed by atoms with Crippen LogP contribution in [0.1, 0.15) is 24.8 Å². The Labute approximate surface area is 113 Å². The third-order valence-electron chi connectivity index (χ3n) is 3.66. The van der Waals surface area contributed by atoms with Crippen LogP contribution in [0.2, 0.25) is 0 Å². The molecule has 1 aliphatic heterocycles. The van der Waals surface area contributed by atoms with Gasteiger partial charge in [0, 0.05) is 6.04 Å². The maximum Gasteiger partial charge on any atom is 0.154 e. The topological polar surface area (TPSA) is 72.2 Å². The zero-order valence-corrected chi connectivity index (χ0v) is 11.5. The van der Waals surface area contributed by atoms with Crippen molar-refractivity contribution in [2.45, 2.75) is 37.0 Å². The predicted molar refractivity (Wildman–Crippen MR) is 72.6 cm³/mol. The summed E-state index contributed by atoms with van der Waals surface area (Å²) >= 11 is 0. The van der Waals surface area contributed by atoms with Gasteiger partial charge in [-0.25, -0.2) is 12.8 Å². The number of hydrogen-bond acceptors (Lipinski definition) is 4. The summed E-state index contributed by atoms with van der Waals surface area (Å²) < 4.78 is 37.0. The van der Waals surface area contributed by atoms with Crippen LogP contribution in [0, 0.1) is 5.82 Å². The molecule has 2 atom stereocenters. The van der Waals surface area contributed by atoms with Crippen molar-refractivity contribution < 1.29 is 12.8 Å². The smallest absolute Gasteiger partial charge is 0.154 e. The standard InChI is InChI=1S/C13H19FN2O2S/c14-11-6-4-10(5-7-11)9-12(16-15)13-3-1-2-8-19(13,17)18/h4-7,12-13,16H,1-3,8-9,15H2. The number of nitrogens with two attached hydrogens (primary N) is 1. The molecule has 2 rings (SSSR count). The van der Waals surface area contributed by atoms with E-state index in [4.69, 9.17) is 5.84 Å². The van der Waals surface area contributed by atoms with Crippen LogP contribution in [-0.2, 0) is 16.3 Å². The summed E-state index contributed by atoms with van der Waals surface area (Å²) in [5.74, 6) is 5.45. The molecule has 3 N–H and O–H groups in total. The normalized spacial score (nSPS) is 24.0. The Bertz CT molecular complexity index is 516. The second kappa shape index (κ2) is 5.98. The average molecular weight is 286 g/mol. The Balaban J connectivity index is 2.13. The van der Waals surface area contributed by atoms with Gasteiger partial charge in [0.2, 0.25) is 0 Å². The van der Waals surface area contributed by atoms with Gasteiger partial charge in [-0.05, 0) is 37.0 Å². The molecule has 0 saturated carbocycles. The van der Waals surface area contributed by atoms with Gasteiger partial charge in [-0.3, -0.25) is 11.3 Å². The van der Waals surface area contributed by atoms with Gasteiger partial charge in [0.25, 0.3) is 0 Å². The summed E-state index contributed by atoms with van der Waals surface area (Å²) in [5.41, 5.74) is 3.50. The first-order valence-corrected chi connectivity index (χ1v) is 8.16. The fourth-order valence-corrected chi connectivity index (χ4v) is 4.71. The fraction of sp³-hybridized carbons (Fsp3) is 0.538. The lowest BCUT2D eigenvalue weighted by Gasteiger charge is -2.29. The first-order chi connectivity index (χ1) is 9.03. The van der Waals surface area contributed by atoms with E-state index in [-0.39, 0.29) is 17.6 Å². The second-order valence-corrected chi connectivity index (χ2v) is 7.34. The fourth-order valence-electron chi connectivity index (χ4n) is 2.60. The molecule has 4 nitrogen and oxygen atoms in total. The summed E-state index contributed by atoms with van der Waals surface area (Å²) in [4.78, 5) is 0. The zero-order chi connectivity index (χ0) is 13.9. The summed E-state index contributed by atoms with van der Waals surface area (Å²) in [6.45, 7) is 0. The largest absolute Gasteiger partial charge is 0.271 e. The summed E-state index contributed by atoms with van der Waals surface area (Å²) in [6.07, 6.45) is 2.76. The highest BCUT2D eigenvalue weighted by atomic mass is 32.2. The number of rotatable bonds is 4. The van der Waals surface area contributed by atoms with E-state index in [1.807, 2.05) is 0 Å². The first kappa shape index (κ1) is 14.4. The number of benzene rings is 1. The lowest BCUT2D eigenvalue weighted by molar-refractivity contribution is 0.440.